The summed E-state index contributed by atoms with van der Waals surface area (Å²) in [5, 5.41) is 9.61. The predicted octanol–water partition coefficient (Wildman–Crippen LogP) is 1.90. The van der Waals surface area contributed by atoms with E-state index in [1.54, 1.807) is 0 Å². The lowest BCUT2D eigenvalue weighted by molar-refractivity contribution is -0.119. The normalized spacial score (nSPS) is 15.6. The molecule has 6 nitrogen and oxygen atoms in total. The van der Waals surface area contributed by atoms with Crippen LogP contribution in [-0.2, 0) is 4.79 Å². The van der Waals surface area contributed by atoms with Crippen LogP contribution >= 0.6 is 0 Å². The molecule has 1 atom stereocenters. The van der Waals surface area contributed by atoms with E-state index in [1.165, 1.54) is 5.56 Å². The van der Waals surface area contributed by atoms with Gasteiger partial charge < -0.3 is 16.0 Å². The third-order valence-corrected chi connectivity index (χ3v) is 4.57. The molecule has 0 radical (unpaired) electrons. The highest BCUT2D eigenvalue weighted by Crippen LogP contribution is 2.19. The van der Waals surface area contributed by atoms with Gasteiger partial charge in [0.05, 0.1) is 6.04 Å². The van der Waals surface area contributed by atoms with Gasteiger partial charge in [0.25, 0.3) is 0 Å². The Morgan fingerprint density at radius 3 is 2.42 bits per heavy atom. The monoisotopic (exact) mass is 359 g/mol. The van der Waals surface area contributed by atoms with Gasteiger partial charge in [-0.3, -0.25) is 9.69 Å². The van der Waals surface area contributed by atoms with Crippen molar-refractivity contribution in [3.05, 3.63) is 35.9 Å². The Kier molecular flexibility index (Phi) is 8.41. The van der Waals surface area contributed by atoms with Gasteiger partial charge >= 0.3 is 0 Å². The maximum absolute atomic E-state index is 11.9. The number of nitrogens with zero attached hydrogens (tertiary/aromatic N) is 2. The molecule has 1 amide bonds. The van der Waals surface area contributed by atoms with Crippen molar-refractivity contribution in [3.8, 4) is 0 Å². The van der Waals surface area contributed by atoms with E-state index in [9.17, 15) is 4.79 Å². The van der Waals surface area contributed by atoms with E-state index < -0.39 is 0 Å². The molecule has 1 fully saturated rings. The molecule has 0 saturated heterocycles. The van der Waals surface area contributed by atoms with Crippen LogP contribution in [0, 0.1) is 0 Å². The molecule has 0 aliphatic heterocycles. The van der Waals surface area contributed by atoms with Gasteiger partial charge in [0.15, 0.2) is 5.96 Å². The predicted molar refractivity (Wildman–Crippen MR) is 107 cm³/mol. The molecule has 1 aliphatic rings. The van der Waals surface area contributed by atoms with Crippen LogP contribution < -0.4 is 16.0 Å². The highest BCUT2D eigenvalue weighted by molar-refractivity contribution is 5.85. The number of carbonyl (C=O) groups is 1. The highest BCUT2D eigenvalue weighted by Gasteiger charge is 2.23. The van der Waals surface area contributed by atoms with E-state index in [-0.39, 0.29) is 18.5 Å². The number of aliphatic imine (C=N–C) groups is 1. The van der Waals surface area contributed by atoms with Crippen LogP contribution in [0.5, 0.6) is 0 Å². The standard InChI is InChI=1S/C20H33N5O/c1-4-21-20(23-15-19(26)24-17-12-13-17)22-14-18(25(5-2)6-3)16-10-8-7-9-11-16/h7-11,17-18H,4-6,12-15H2,1-3H3,(H,24,26)(H2,21,22,23). The fraction of sp³-hybridized carbons (Fsp3) is 0.600. The molecule has 0 heterocycles. The number of amides is 1. The van der Waals surface area contributed by atoms with Gasteiger partial charge in [-0.25, -0.2) is 4.99 Å². The molecule has 26 heavy (non-hydrogen) atoms. The van der Waals surface area contributed by atoms with Gasteiger partial charge in [-0.05, 0) is 38.4 Å². The first-order chi connectivity index (χ1) is 12.7. The number of guanidine groups is 1. The second-order valence-corrected chi connectivity index (χ2v) is 6.57. The van der Waals surface area contributed by atoms with Crippen LogP contribution in [0.2, 0.25) is 0 Å². The number of hydrogen-bond donors (Lipinski definition) is 3. The number of hydrogen-bond acceptors (Lipinski definition) is 3. The SMILES string of the molecule is CCNC(=NCC(=O)NC1CC1)NCC(c1ccccc1)N(CC)CC. The van der Waals surface area contributed by atoms with E-state index in [2.05, 4.69) is 64.0 Å². The van der Waals surface area contributed by atoms with Crippen molar-refractivity contribution in [1.29, 1.82) is 0 Å². The van der Waals surface area contributed by atoms with Gasteiger partial charge in [0.2, 0.25) is 5.91 Å². The third-order valence-electron chi connectivity index (χ3n) is 4.57. The molecule has 144 valence electrons. The van der Waals surface area contributed by atoms with E-state index in [1.807, 2.05) is 13.0 Å². The minimum Gasteiger partial charge on any atom is -0.357 e. The van der Waals surface area contributed by atoms with Crippen LogP contribution in [0.25, 0.3) is 0 Å². The quantitative estimate of drug-likeness (QED) is 0.441. The van der Waals surface area contributed by atoms with Crippen molar-refractivity contribution in [2.75, 3.05) is 32.7 Å². The number of likely N-dealkylation sites (N-methyl/N-ethyl adjacent to an activating group) is 1. The minimum atomic E-state index is -0.00643. The lowest BCUT2D eigenvalue weighted by atomic mass is 10.1. The highest BCUT2D eigenvalue weighted by atomic mass is 16.2. The summed E-state index contributed by atoms with van der Waals surface area (Å²) in [6.07, 6.45) is 2.19. The molecular weight excluding hydrogens is 326 g/mol. The molecule has 1 aromatic rings. The van der Waals surface area contributed by atoms with Crippen molar-refractivity contribution in [2.45, 2.75) is 45.7 Å². The lowest BCUT2D eigenvalue weighted by Crippen LogP contribution is -2.43. The number of carbonyl (C=O) groups excluding carboxylic acids is 1. The summed E-state index contributed by atoms with van der Waals surface area (Å²) < 4.78 is 0. The molecule has 0 bridgehead atoms. The summed E-state index contributed by atoms with van der Waals surface area (Å²) in [6, 6.07) is 11.2. The topological polar surface area (TPSA) is 68.8 Å². The van der Waals surface area contributed by atoms with Gasteiger partial charge in [0, 0.05) is 19.1 Å². The van der Waals surface area contributed by atoms with Gasteiger partial charge in [0.1, 0.15) is 6.54 Å². The summed E-state index contributed by atoms with van der Waals surface area (Å²) in [5.74, 6) is 0.680. The van der Waals surface area contributed by atoms with Crippen molar-refractivity contribution < 1.29 is 4.79 Å². The Balaban J connectivity index is 1.98. The van der Waals surface area contributed by atoms with Crippen molar-refractivity contribution in [2.24, 2.45) is 4.99 Å². The summed E-state index contributed by atoms with van der Waals surface area (Å²) in [4.78, 5) is 18.7. The molecule has 2 rings (SSSR count). The van der Waals surface area contributed by atoms with E-state index in [0.29, 0.717) is 12.0 Å². The van der Waals surface area contributed by atoms with Crippen LogP contribution in [0.4, 0.5) is 0 Å². The molecule has 0 spiro atoms. The number of nitrogens with one attached hydrogen (secondary N) is 3. The number of rotatable bonds is 10. The molecular formula is C20H33N5O. The maximum Gasteiger partial charge on any atom is 0.242 e. The molecule has 1 aromatic carbocycles. The Morgan fingerprint density at radius 1 is 1.15 bits per heavy atom. The second-order valence-electron chi connectivity index (χ2n) is 6.57. The maximum atomic E-state index is 11.9. The molecule has 6 heteroatoms. The van der Waals surface area contributed by atoms with Crippen molar-refractivity contribution in [1.82, 2.24) is 20.9 Å². The smallest absolute Gasteiger partial charge is 0.242 e. The second kappa shape index (κ2) is 10.8. The zero-order valence-corrected chi connectivity index (χ0v) is 16.3. The zero-order valence-electron chi connectivity index (χ0n) is 16.3. The average Bonchev–Trinajstić information content (AvgIpc) is 3.47. The summed E-state index contributed by atoms with van der Waals surface area (Å²) >= 11 is 0. The Morgan fingerprint density at radius 2 is 1.85 bits per heavy atom. The fourth-order valence-corrected chi connectivity index (χ4v) is 2.98. The molecule has 1 unspecified atom stereocenters. The zero-order chi connectivity index (χ0) is 18.8. The van der Waals surface area contributed by atoms with Gasteiger partial charge in [-0.1, -0.05) is 44.2 Å². The van der Waals surface area contributed by atoms with Gasteiger partial charge in [-0.2, -0.15) is 0 Å². The lowest BCUT2D eigenvalue weighted by Gasteiger charge is -2.30. The van der Waals surface area contributed by atoms with Crippen LogP contribution in [0.1, 0.15) is 45.2 Å². The van der Waals surface area contributed by atoms with E-state index in [0.717, 1.165) is 39.0 Å². The average molecular weight is 360 g/mol. The molecule has 1 aliphatic carbocycles. The largest absolute Gasteiger partial charge is 0.357 e. The first-order valence-electron chi connectivity index (χ1n) is 9.78. The Bertz CT molecular complexity index is 567. The van der Waals surface area contributed by atoms with Crippen LogP contribution in [0.15, 0.2) is 35.3 Å². The van der Waals surface area contributed by atoms with Crippen LogP contribution in [0.3, 0.4) is 0 Å². The molecule has 3 N–H and O–H groups in total. The van der Waals surface area contributed by atoms with Crippen molar-refractivity contribution >= 4 is 11.9 Å². The Hall–Kier alpha value is -2.08. The Labute approximate surface area is 157 Å². The fourth-order valence-electron chi connectivity index (χ4n) is 2.98. The summed E-state index contributed by atoms with van der Waals surface area (Å²) in [5.41, 5.74) is 1.28. The van der Waals surface area contributed by atoms with Gasteiger partial charge in [-0.15, -0.1) is 0 Å². The van der Waals surface area contributed by atoms with Crippen LogP contribution in [-0.4, -0.2) is 55.5 Å². The van der Waals surface area contributed by atoms with Crippen molar-refractivity contribution in [3.63, 3.8) is 0 Å². The minimum absolute atomic E-state index is 0.00643. The first kappa shape index (κ1) is 20.2. The summed E-state index contributed by atoms with van der Waals surface area (Å²) in [7, 11) is 0. The number of benzene rings is 1. The molecule has 0 aromatic heterocycles. The third kappa shape index (κ3) is 6.67. The summed E-state index contributed by atoms with van der Waals surface area (Å²) in [6.45, 7) is 10.0. The first-order valence-corrected chi connectivity index (χ1v) is 9.78. The van der Waals surface area contributed by atoms with E-state index in [4.69, 9.17) is 0 Å². The molecule has 1 saturated carbocycles. The van der Waals surface area contributed by atoms with E-state index >= 15 is 0 Å².